The molecule has 0 spiro atoms. The number of hydrogen-bond acceptors (Lipinski definition) is 3. The summed E-state index contributed by atoms with van der Waals surface area (Å²) >= 11 is 0. The standard InChI is InChI=1S/C13H28N2O/c1-4-11(2)9-15(3)13(8-14)12-6-5-7-16-10-12/h11-13H,4-10,14H2,1-3H3. The molecule has 0 amide bonds. The first-order valence-electron chi connectivity index (χ1n) is 6.67. The van der Waals surface area contributed by atoms with E-state index in [1.807, 2.05) is 0 Å². The maximum Gasteiger partial charge on any atom is 0.0509 e. The lowest BCUT2D eigenvalue weighted by molar-refractivity contribution is 0.0146. The average Bonchev–Trinajstić information content (AvgIpc) is 2.31. The van der Waals surface area contributed by atoms with Gasteiger partial charge >= 0.3 is 0 Å². The Morgan fingerprint density at radius 2 is 2.25 bits per heavy atom. The summed E-state index contributed by atoms with van der Waals surface area (Å²) in [6.45, 7) is 8.28. The van der Waals surface area contributed by atoms with Crippen LogP contribution in [0.5, 0.6) is 0 Å². The van der Waals surface area contributed by atoms with Crippen molar-refractivity contribution >= 4 is 0 Å². The molecule has 3 atom stereocenters. The van der Waals surface area contributed by atoms with Gasteiger partial charge in [-0.2, -0.15) is 0 Å². The van der Waals surface area contributed by atoms with Crippen molar-refractivity contribution in [1.29, 1.82) is 0 Å². The topological polar surface area (TPSA) is 38.5 Å². The second kappa shape index (κ2) is 7.25. The molecule has 0 bridgehead atoms. The molecule has 0 aliphatic carbocycles. The van der Waals surface area contributed by atoms with Crippen LogP contribution in [0.4, 0.5) is 0 Å². The zero-order valence-electron chi connectivity index (χ0n) is 11.1. The van der Waals surface area contributed by atoms with Gasteiger partial charge in [0, 0.05) is 25.7 Å². The van der Waals surface area contributed by atoms with E-state index in [-0.39, 0.29) is 0 Å². The third-order valence-electron chi connectivity index (χ3n) is 3.84. The summed E-state index contributed by atoms with van der Waals surface area (Å²) < 4.78 is 5.56. The van der Waals surface area contributed by atoms with Crippen molar-refractivity contribution < 1.29 is 4.74 Å². The maximum atomic E-state index is 5.92. The Morgan fingerprint density at radius 1 is 1.50 bits per heavy atom. The number of hydrogen-bond donors (Lipinski definition) is 1. The Hall–Kier alpha value is -0.120. The first-order chi connectivity index (χ1) is 7.69. The fraction of sp³-hybridized carbons (Fsp3) is 1.00. The molecular formula is C13H28N2O. The van der Waals surface area contributed by atoms with Gasteiger partial charge in [-0.15, -0.1) is 0 Å². The molecule has 1 saturated heterocycles. The van der Waals surface area contributed by atoms with Gasteiger partial charge < -0.3 is 15.4 Å². The molecule has 1 heterocycles. The Morgan fingerprint density at radius 3 is 2.75 bits per heavy atom. The fourth-order valence-corrected chi connectivity index (χ4v) is 2.56. The number of rotatable bonds is 6. The summed E-state index contributed by atoms with van der Waals surface area (Å²) in [7, 11) is 2.21. The highest BCUT2D eigenvalue weighted by atomic mass is 16.5. The van der Waals surface area contributed by atoms with Crippen LogP contribution in [0.3, 0.4) is 0 Å². The minimum atomic E-state index is 0.495. The van der Waals surface area contributed by atoms with Crippen molar-refractivity contribution in [3.8, 4) is 0 Å². The molecular weight excluding hydrogens is 200 g/mol. The molecule has 3 nitrogen and oxygen atoms in total. The Labute approximate surface area is 100 Å². The molecule has 1 aliphatic rings. The van der Waals surface area contributed by atoms with Crippen LogP contribution >= 0.6 is 0 Å². The van der Waals surface area contributed by atoms with Crippen molar-refractivity contribution in [1.82, 2.24) is 4.90 Å². The summed E-state index contributed by atoms with van der Waals surface area (Å²) in [4.78, 5) is 2.44. The molecule has 96 valence electrons. The van der Waals surface area contributed by atoms with Crippen molar-refractivity contribution in [2.45, 2.75) is 39.2 Å². The van der Waals surface area contributed by atoms with Crippen LogP contribution in [-0.4, -0.2) is 44.3 Å². The number of nitrogens with two attached hydrogens (primary N) is 1. The van der Waals surface area contributed by atoms with Crippen molar-refractivity contribution in [3.05, 3.63) is 0 Å². The first-order valence-corrected chi connectivity index (χ1v) is 6.67. The van der Waals surface area contributed by atoms with Crippen molar-refractivity contribution in [2.75, 3.05) is 33.4 Å². The minimum Gasteiger partial charge on any atom is -0.381 e. The predicted octanol–water partition coefficient (Wildman–Crippen LogP) is 1.72. The highest BCUT2D eigenvalue weighted by Gasteiger charge is 2.26. The van der Waals surface area contributed by atoms with E-state index in [0.29, 0.717) is 12.0 Å². The number of likely N-dealkylation sites (N-methyl/N-ethyl adjacent to an activating group) is 1. The molecule has 0 aromatic rings. The van der Waals surface area contributed by atoms with Gasteiger partial charge in [0.1, 0.15) is 0 Å². The van der Waals surface area contributed by atoms with Crippen LogP contribution < -0.4 is 5.73 Å². The summed E-state index contributed by atoms with van der Waals surface area (Å²) in [5.41, 5.74) is 5.92. The van der Waals surface area contributed by atoms with Crippen LogP contribution in [0.2, 0.25) is 0 Å². The van der Waals surface area contributed by atoms with Crippen molar-refractivity contribution in [2.24, 2.45) is 17.6 Å². The third kappa shape index (κ3) is 4.04. The number of ether oxygens (including phenoxy) is 1. The van der Waals surface area contributed by atoms with Gasteiger partial charge in [-0.1, -0.05) is 20.3 Å². The molecule has 1 fully saturated rings. The molecule has 3 unspecified atom stereocenters. The zero-order chi connectivity index (χ0) is 12.0. The van der Waals surface area contributed by atoms with Crippen LogP contribution in [-0.2, 0) is 4.74 Å². The van der Waals surface area contributed by atoms with Crippen LogP contribution in [0, 0.1) is 11.8 Å². The largest absolute Gasteiger partial charge is 0.381 e. The van der Waals surface area contributed by atoms with E-state index in [2.05, 4.69) is 25.8 Å². The predicted molar refractivity (Wildman–Crippen MR) is 68.5 cm³/mol. The van der Waals surface area contributed by atoms with Crippen LogP contribution in [0.1, 0.15) is 33.1 Å². The highest BCUT2D eigenvalue weighted by molar-refractivity contribution is 4.81. The van der Waals surface area contributed by atoms with E-state index in [1.165, 1.54) is 19.3 Å². The van der Waals surface area contributed by atoms with E-state index in [9.17, 15) is 0 Å². The highest BCUT2D eigenvalue weighted by Crippen LogP contribution is 2.21. The van der Waals surface area contributed by atoms with Gasteiger partial charge in [0.25, 0.3) is 0 Å². The minimum absolute atomic E-state index is 0.495. The molecule has 0 aromatic carbocycles. The molecule has 16 heavy (non-hydrogen) atoms. The van der Waals surface area contributed by atoms with Gasteiger partial charge in [0.15, 0.2) is 0 Å². The molecule has 3 heteroatoms. The third-order valence-corrected chi connectivity index (χ3v) is 3.84. The summed E-state index contributed by atoms with van der Waals surface area (Å²) in [6.07, 6.45) is 3.70. The lowest BCUT2D eigenvalue weighted by Gasteiger charge is -2.36. The van der Waals surface area contributed by atoms with Gasteiger partial charge in [-0.3, -0.25) is 0 Å². The lowest BCUT2D eigenvalue weighted by atomic mass is 9.92. The maximum absolute atomic E-state index is 5.92. The summed E-state index contributed by atoms with van der Waals surface area (Å²) in [5.74, 6) is 1.39. The Balaban J connectivity index is 2.44. The molecule has 0 aromatic heterocycles. The average molecular weight is 228 g/mol. The van der Waals surface area contributed by atoms with Crippen LogP contribution in [0.25, 0.3) is 0 Å². The van der Waals surface area contributed by atoms with Gasteiger partial charge in [0.05, 0.1) is 6.61 Å². The normalized spacial score (nSPS) is 25.7. The second-order valence-electron chi connectivity index (χ2n) is 5.23. The van der Waals surface area contributed by atoms with Gasteiger partial charge in [-0.05, 0) is 31.7 Å². The fourth-order valence-electron chi connectivity index (χ4n) is 2.56. The molecule has 0 saturated carbocycles. The Bertz CT molecular complexity index is 181. The smallest absolute Gasteiger partial charge is 0.0509 e. The second-order valence-corrected chi connectivity index (χ2v) is 5.23. The summed E-state index contributed by atoms with van der Waals surface area (Å²) in [6, 6.07) is 0.495. The van der Waals surface area contributed by atoms with Crippen LogP contribution in [0.15, 0.2) is 0 Å². The number of nitrogens with zero attached hydrogens (tertiary/aromatic N) is 1. The van der Waals surface area contributed by atoms with E-state index in [1.54, 1.807) is 0 Å². The first kappa shape index (κ1) is 13.9. The van der Waals surface area contributed by atoms with Gasteiger partial charge in [0.2, 0.25) is 0 Å². The molecule has 0 radical (unpaired) electrons. The molecule has 1 aliphatic heterocycles. The van der Waals surface area contributed by atoms with E-state index < -0.39 is 0 Å². The van der Waals surface area contributed by atoms with E-state index in [4.69, 9.17) is 10.5 Å². The zero-order valence-corrected chi connectivity index (χ0v) is 11.1. The van der Waals surface area contributed by atoms with E-state index >= 15 is 0 Å². The monoisotopic (exact) mass is 228 g/mol. The van der Waals surface area contributed by atoms with Gasteiger partial charge in [-0.25, -0.2) is 0 Å². The quantitative estimate of drug-likeness (QED) is 0.752. The SMILES string of the molecule is CCC(C)CN(C)C(CN)C1CCCOC1. The van der Waals surface area contributed by atoms with Crippen molar-refractivity contribution in [3.63, 3.8) is 0 Å². The molecule has 1 rings (SSSR count). The summed E-state index contributed by atoms with van der Waals surface area (Å²) in [5, 5.41) is 0. The Kier molecular flexibility index (Phi) is 6.32. The molecule has 2 N–H and O–H groups in total. The lowest BCUT2D eigenvalue weighted by Crippen LogP contribution is -2.47. The van der Waals surface area contributed by atoms with E-state index in [0.717, 1.165) is 32.2 Å².